The average Bonchev–Trinajstić information content (AvgIpc) is 3.16. The Morgan fingerprint density at radius 1 is 1.20 bits per heavy atom. The van der Waals surface area contributed by atoms with Crippen LogP contribution in [0, 0.1) is 19.8 Å². The summed E-state index contributed by atoms with van der Waals surface area (Å²) in [5.41, 5.74) is 3.93. The Kier molecular flexibility index (Phi) is 3.72. The van der Waals surface area contributed by atoms with Crippen molar-refractivity contribution in [2.45, 2.75) is 57.9 Å². The highest BCUT2D eigenvalue weighted by Crippen LogP contribution is 2.48. The summed E-state index contributed by atoms with van der Waals surface area (Å²) in [7, 11) is 0. The van der Waals surface area contributed by atoms with Crippen LogP contribution in [0.3, 0.4) is 0 Å². The minimum Gasteiger partial charge on any atom is -0.357 e. The first kappa shape index (κ1) is 13.9. The topological polar surface area (TPSA) is 24.1 Å². The summed E-state index contributed by atoms with van der Waals surface area (Å²) in [5.74, 6) is 0.850. The van der Waals surface area contributed by atoms with Gasteiger partial charge in [0, 0.05) is 11.2 Å². The number of hydrogen-bond acceptors (Lipinski definition) is 1. The maximum Gasteiger partial charge on any atom is 0.171 e. The number of aryl methyl sites for hydroxylation is 2. The Balaban J connectivity index is 1.68. The quantitative estimate of drug-likeness (QED) is 0.810. The van der Waals surface area contributed by atoms with Crippen LogP contribution in [-0.2, 0) is 0 Å². The molecule has 0 unspecified atom stereocenters. The highest BCUT2D eigenvalue weighted by atomic mass is 32.1. The molecule has 20 heavy (non-hydrogen) atoms. The van der Waals surface area contributed by atoms with Crippen molar-refractivity contribution in [1.29, 1.82) is 0 Å². The van der Waals surface area contributed by atoms with Crippen molar-refractivity contribution in [2.24, 2.45) is 5.92 Å². The van der Waals surface area contributed by atoms with E-state index in [2.05, 4.69) is 42.7 Å². The van der Waals surface area contributed by atoms with Gasteiger partial charge < -0.3 is 10.6 Å². The number of nitrogens with one attached hydrogen (secondary N) is 2. The summed E-state index contributed by atoms with van der Waals surface area (Å²) in [6, 6.07) is 6.45. The van der Waals surface area contributed by atoms with E-state index >= 15 is 0 Å². The molecule has 2 aliphatic carbocycles. The van der Waals surface area contributed by atoms with Gasteiger partial charge in [0.25, 0.3) is 0 Å². The Hall–Kier alpha value is -1.09. The molecule has 2 saturated carbocycles. The van der Waals surface area contributed by atoms with Crippen LogP contribution in [0.5, 0.6) is 0 Å². The maximum absolute atomic E-state index is 5.57. The molecule has 3 rings (SSSR count). The molecule has 108 valence electrons. The molecule has 0 amide bonds. The molecule has 1 aromatic rings. The van der Waals surface area contributed by atoms with Crippen molar-refractivity contribution >= 4 is 23.0 Å². The Bertz CT molecular complexity index is 514. The van der Waals surface area contributed by atoms with E-state index in [1.54, 1.807) is 0 Å². The van der Waals surface area contributed by atoms with E-state index < -0.39 is 0 Å². The molecule has 0 bridgehead atoms. The van der Waals surface area contributed by atoms with Gasteiger partial charge in [-0.05, 0) is 74.9 Å². The molecule has 3 heteroatoms. The van der Waals surface area contributed by atoms with Gasteiger partial charge in [0.15, 0.2) is 5.11 Å². The monoisotopic (exact) mass is 288 g/mol. The van der Waals surface area contributed by atoms with E-state index in [9.17, 15) is 0 Å². The van der Waals surface area contributed by atoms with Gasteiger partial charge in [-0.3, -0.25) is 0 Å². The van der Waals surface area contributed by atoms with Gasteiger partial charge in [-0.2, -0.15) is 0 Å². The van der Waals surface area contributed by atoms with E-state index in [0.29, 0.717) is 5.54 Å². The zero-order valence-electron chi connectivity index (χ0n) is 12.5. The highest BCUT2D eigenvalue weighted by Gasteiger charge is 2.47. The summed E-state index contributed by atoms with van der Waals surface area (Å²) < 4.78 is 0. The predicted octanol–water partition coefficient (Wildman–Crippen LogP) is 4.31. The Morgan fingerprint density at radius 3 is 2.55 bits per heavy atom. The second-order valence-electron chi connectivity index (χ2n) is 6.54. The van der Waals surface area contributed by atoms with Crippen molar-refractivity contribution in [1.82, 2.24) is 5.32 Å². The van der Waals surface area contributed by atoms with Crippen molar-refractivity contribution in [3.8, 4) is 0 Å². The van der Waals surface area contributed by atoms with Crippen molar-refractivity contribution < 1.29 is 0 Å². The van der Waals surface area contributed by atoms with E-state index in [0.717, 1.165) is 16.7 Å². The number of rotatable bonds is 3. The zero-order chi connectivity index (χ0) is 14.2. The van der Waals surface area contributed by atoms with Crippen LogP contribution < -0.4 is 10.6 Å². The first-order valence-corrected chi connectivity index (χ1v) is 8.16. The molecule has 2 nitrogen and oxygen atoms in total. The fraction of sp³-hybridized carbons (Fsp3) is 0.588. The fourth-order valence-corrected chi connectivity index (χ4v) is 3.84. The fourth-order valence-electron chi connectivity index (χ4n) is 3.53. The lowest BCUT2D eigenvalue weighted by Crippen LogP contribution is -2.49. The lowest BCUT2D eigenvalue weighted by atomic mass is 9.91. The van der Waals surface area contributed by atoms with E-state index in [1.807, 2.05) is 0 Å². The maximum atomic E-state index is 5.57. The number of thiocarbonyl (C=S) groups is 1. The van der Waals surface area contributed by atoms with Gasteiger partial charge in [-0.15, -0.1) is 0 Å². The number of anilines is 1. The summed E-state index contributed by atoms with van der Waals surface area (Å²) >= 11 is 5.57. The highest BCUT2D eigenvalue weighted by molar-refractivity contribution is 7.80. The third kappa shape index (κ3) is 2.83. The molecular formula is C17H24N2S. The SMILES string of the molecule is Cc1ccc(C)c(NC(=S)NC2(C3CC3)CCCC2)c1. The first-order valence-electron chi connectivity index (χ1n) is 7.75. The van der Waals surface area contributed by atoms with Gasteiger partial charge in [0.2, 0.25) is 0 Å². The molecule has 0 radical (unpaired) electrons. The molecule has 0 atom stereocenters. The van der Waals surface area contributed by atoms with E-state index in [1.165, 1.54) is 49.7 Å². The van der Waals surface area contributed by atoms with Gasteiger partial charge in [0.1, 0.15) is 0 Å². The average molecular weight is 288 g/mol. The second kappa shape index (κ2) is 5.36. The molecule has 2 fully saturated rings. The van der Waals surface area contributed by atoms with Crippen LogP contribution in [0.4, 0.5) is 5.69 Å². The molecule has 0 aliphatic heterocycles. The van der Waals surface area contributed by atoms with Crippen LogP contribution in [0.25, 0.3) is 0 Å². The largest absolute Gasteiger partial charge is 0.357 e. The van der Waals surface area contributed by atoms with Gasteiger partial charge in [0.05, 0.1) is 0 Å². The van der Waals surface area contributed by atoms with Crippen molar-refractivity contribution in [3.63, 3.8) is 0 Å². The first-order chi connectivity index (χ1) is 9.59. The second-order valence-corrected chi connectivity index (χ2v) is 6.94. The van der Waals surface area contributed by atoms with Crippen LogP contribution >= 0.6 is 12.2 Å². The predicted molar refractivity (Wildman–Crippen MR) is 89.2 cm³/mol. The minimum absolute atomic E-state index is 0.293. The van der Waals surface area contributed by atoms with Crippen LogP contribution in [0.2, 0.25) is 0 Å². The van der Waals surface area contributed by atoms with Crippen LogP contribution in [0.1, 0.15) is 49.7 Å². The molecule has 0 spiro atoms. The summed E-state index contributed by atoms with van der Waals surface area (Å²) in [4.78, 5) is 0. The summed E-state index contributed by atoms with van der Waals surface area (Å²) in [5, 5.41) is 7.87. The smallest absolute Gasteiger partial charge is 0.171 e. The third-order valence-corrected chi connectivity index (χ3v) is 5.06. The Labute approximate surface area is 127 Å². The van der Waals surface area contributed by atoms with Crippen LogP contribution in [0.15, 0.2) is 18.2 Å². The molecular weight excluding hydrogens is 264 g/mol. The third-order valence-electron chi connectivity index (χ3n) is 4.86. The normalized spacial score (nSPS) is 20.7. The Morgan fingerprint density at radius 2 is 1.90 bits per heavy atom. The van der Waals surface area contributed by atoms with Crippen molar-refractivity contribution in [2.75, 3.05) is 5.32 Å². The summed E-state index contributed by atoms with van der Waals surface area (Å²) in [6.45, 7) is 4.24. The van der Waals surface area contributed by atoms with Gasteiger partial charge >= 0.3 is 0 Å². The minimum atomic E-state index is 0.293. The standard InChI is InChI=1S/C17H24N2S/c1-12-5-6-13(2)15(11-12)18-16(20)19-17(14-7-8-14)9-3-4-10-17/h5-6,11,14H,3-4,7-10H2,1-2H3,(H2,18,19,20). The molecule has 0 aromatic heterocycles. The van der Waals surface area contributed by atoms with Gasteiger partial charge in [-0.1, -0.05) is 25.0 Å². The molecule has 2 aliphatic rings. The number of hydrogen-bond donors (Lipinski definition) is 2. The summed E-state index contributed by atoms with van der Waals surface area (Å²) in [6.07, 6.45) is 8.00. The van der Waals surface area contributed by atoms with Crippen molar-refractivity contribution in [3.05, 3.63) is 29.3 Å². The number of benzene rings is 1. The van der Waals surface area contributed by atoms with Crippen LogP contribution in [-0.4, -0.2) is 10.7 Å². The lowest BCUT2D eigenvalue weighted by Gasteiger charge is -2.32. The van der Waals surface area contributed by atoms with Gasteiger partial charge in [-0.25, -0.2) is 0 Å². The molecule has 1 aromatic carbocycles. The molecule has 2 N–H and O–H groups in total. The lowest BCUT2D eigenvalue weighted by molar-refractivity contribution is 0.340. The zero-order valence-corrected chi connectivity index (χ0v) is 13.3. The molecule has 0 saturated heterocycles. The van der Waals surface area contributed by atoms with E-state index in [-0.39, 0.29) is 0 Å². The van der Waals surface area contributed by atoms with E-state index in [4.69, 9.17) is 12.2 Å². The molecule has 0 heterocycles.